The molecule has 0 spiro atoms. The SMILES string of the molecule is Cc1ccccc1-c1cc2cnc(N[C@@H]3CCN(Cc4ccccc4)C3)nc2n(C2CCOCC2)c1=O. The molecular weight excluding hydrogens is 462 g/mol. The van der Waals surface area contributed by atoms with Crippen molar-refractivity contribution in [3.63, 3.8) is 0 Å². The molecule has 0 radical (unpaired) electrons. The van der Waals surface area contributed by atoms with Gasteiger partial charge in [0, 0.05) is 62.1 Å². The molecule has 0 saturated carbocycles. The summed E-state index contributed by atoms with van der Waals surface area (Å²) in [6, 6.07) is 20.9. The third-order valence-corrected chi connectivity index (χ3v) is 7.62. The number of nitrogens with one attached hydrogen (secondary N) is 1. The quantitative estimate of drug-likeness (QED) is 0.414. The zero-order valence-electron chi connectivity index (χ0n) is 21.3. The van der Waals surface area contributed by atoms with Gasteiger partial charge in [0.2, 0.25) is 5.95 Å². The van der Waals surface area contributed by atoms with Crippen molar-refractivity contribution in [2.24, 2.45) is 0 Å². The van der Waals surface area contributed by atoms with Crippen LogP contribution in [-0.2, 0) is 11.3 Å². The topological polar surface area (TPSA) is 72.3 Å². The van der Waals surface area contributed by atoms with E-state index in [0.29, 0.717) is 30.4 Å². The van der Waals surface area contributed by atoms with E-state index in [-0.39, 0.29) is 17.6 Å². The molecule has 2 aliphatic heterocycles. The van der Waals surface area contributed by atoms with Crippen molar-refractivity contribution in [3.8, 4) is 11.1 Å². The first-order chi connectivity index (χ1) is 18.2. The normalized spacial score (nSPS) is 18.9. The summed E-state index contributed by atoms with van der Waals surface area (Å²) >= 11 is 0. The van der Waals surface area contributed by atoms with Crippen LogP contribution < -0.4 is 10.9 Å². The Morgan fingerprint density at radius 2 is 1.78 bits per heavy atom. The molecule has 7 nitrogen and oxygen atoms in total. The van der Waals surface area contributed by atoms with E-state index in [9.17, 15) is 4.79 Å². The summed E-state index contributed by atoms with van der Waals surface area (Å²) in [5, 5.41) is 4.43. The van der Waals surface area contributed by atoms with E-state index in [0.717, 1.165) is 55.4 Å². The lowest BCUT2D eigenvalue weighted by molar-refractivity contribution is 0.0697. The minimum Gasteiger partial charge on any atom is -0.381 e. The Labute approximate surface area is 217 Å². The largest absolute Gasteiger partial charge is 0.381 e. The summed E-state index contributed by atoms with van der Waals surface area (Å²) in [6.07, 6.45) is 4.50. The highest BCUT2D eigenvalue weighted by Gasteiger charge is 2.25. The molecule has 1 N–H and O–H groups in total. The van der Waals surface area contributed by atoms with E-state index in [1.54, 1.807) is 0 Å². The van der Waals surface area contributed by atoms with Crippen LogP contribution in [0.3, 0.4) is 0 Å². The van der Waals surface area contributed by atoms with Gasteiger partial charge in [0.05, 0.1) is 0 Å². The van der Waals surface area contributed by atoms with Crippen molar-refractivity contribution in [2.45, 2.75) is 44.8 Å². The smallest absolute Gasteiger partial charge is 0.260 e. The molecule has 0 aliphatic carbocycles. The summed E-state index contributed by atoms with van der Waals surface area (Å²) in [5.41, 5.74) is 4.78. The molecule has 0 unspecified atom stereocenters. The standard InChI is InChI=1S/C30H33N5O2/c1-21-7-5-6-10-26(21)27-17-23-18-31-30(33-28(23)35(29(27)36)25-12-15-37-16-13-25)32-24-11-14-34(20-24)19-22-8-3-2-4-9-22/h2-10,17-18,24-25H,11-16,19-20H2,1H3,(H,31,32,33)/t24-/m1/s1. The number of rotatable bonds is 6. The Morgan fingerprint density at radius 1 is 1.00 bits per heavy atom. The minimum absolute atomic E-state index is 0.00764. The molecule has 4 aromatic rings. The monoisotopic (exact) mass is 495 g/mol. The van der Waals surface area contributed by atoms with Crippen molar-refractivity contribution in [1.29, 1.82) is 0 Å². The highest BCUT2D eigenvalue weighted by Crippen LogP contribution is 2.28. The van der Waals surface area contributed by atoms with Crippen LogP contribution in [0.1, 0.15) is 36.4 Å². The van der Waals surface area contributed by atoms with Crippen molar-refractivity contribution >= 4 is 17.0 Å². The van der Waals surface area contributed by atoms with Crippen molar-refractivity contribution in [3.05, 3.63) is 88.3 Å². The molecule has 4 heterocycles. The summed E-state index contributed by atoms with van der Waals surface area (Å²) in [7, 11) is 0. The Kier molecular flexibility index (Phi) is 6.72. The molecule has 37 heavy (non-hydrogen) atoms. The molecule has 1 atom stereocenters. The summed E-state index contributed by atoms with van der Waals surface area (Å²) < 4.78 is 7.51. The fourth-order valence-electron chi connectivity index (χ4n) is 5.66. The van der Waals surface area contributed by atoms with Gasteiger partial charge < -0.3 is 10.1 Å². The van der Waals surface area contributed by atoms with Gasteiger partial charge in [-0.1, -0.05) is 54.6 Å². The maximum absolute atomic E-state index is 13.9. The van der Waals surface area contributed by atoms with Crippen LogP contribution in [0.15, 0.2) is 71.7 Å². The highest BCUT2D eigenvalue weighted by atomic mass is 16.5. The van der Waals surface area contributed by atoms with Crippen LogP contribution in [0, 0.1) is 6.92 Å². The number of likely N-dealkylation sites (tertiary alicyclic amines) is 1. The first-order valence-electron chi connectivity index (χ1n) is 13.2. The molecule has 0 bridgehead atoms. The van der Waals surface area contributed by atoms with Crippen LogP contribution in [0.5, 0.6) is 0 Å². The molecule has 2 saturated heterocycles. The molecule has 7 heteroatoms. The lowest BCUT2D eigenvalue weighted by Crippen LogP contribution is -2.31. The van der Waals surface area contributed by atoms with Gasteiger partial charge >= 0.3 is 0 Å². The van der Waals surface area contributed by atoms with E-state index >= 15 is 0 Å². The lowest BCUT2D eigenvalue weighted by Gasteiger charge is -2.26. The number of fused-ring (bicyclic) bond motifs is 1. The van der Waals surface area contributed by atoms with Crippen LogP contribution in [0.4, 0.5) is 5.95 Å². The molecule has 2 aromatic carbocycles. The van der Waals surface area contributed by atoms with Gasteiger partial charge in [0.15, 0.2) is 0 Å². The molecule has 2 fully saturated rings. The highest BCUT2D eigenvalue weighted by molar-refractivity contribution is 5.82. The van der Waals surface area contributed by atoms with Gasteiger partial charge in [0.1, 0.15) is 5.65 Å². The van der Waals surface area contributed by atoms with Crippen molar-refractivity contribution in [2.75, 3.05) is 31.6 Å². The number of hydrogen-bond donors (Lipinski definition) is 1. The van der Waals surface area contributed by atoms with Gasteiger partial charge in [0.25, 0.3) is 5.56 Å². The molecule has 0 amide bonds. The zero-order chi connectivity index (χ0) is 25.2. The fraction of sp³-hybridized carbons (Fsp3) is 0.367. The summed E-state index contributed by atoms with van der Waals surface area (Å²) in [5.74, 6) is 0.586. The third-order valence-electron chi connectivity index (χ3n) is 7.62. The van der Waals surface area contributed by atoms with E-state index in [2.05, 4.69) is 45.5 Å². The molecule has 190 valence electrons. The maximum Gasteiger partial charge on any atom is 0.260 e. The average molecular weight is 496 g/mol. The first-order valence-corrected chi connectivity index (χ1v) is 13.2. The summed E-state index contributed by atoms with van der Waals surface area (Å²) in [6.45, 7) is 6.28. The molecule has 2 aliphatic rings. The van der Waals surface area contributed by atoms with Crippen LogP contribution in [-0.4, -0.2) is 51.8 Å². The van der Waals surface area contributed by atoms with Gasteiger partial charge in [-0.25, -0.2) is 4.98 Å². The second-order valence-corrected chi connectivity index (χ2v) is 10.2. The van der Waals surface area contributed by atoms with Gasteiger partial charge in [-0.3, -0.25) is 14.3 Å². The maximum atomic E-state index is 13.9. The van der Waals surface area contributed by atoms with Crippen LogP contribution in [0.2, 0.25) is 0 Å². The second-order valence-electron chi connectivity index (χ2n) is 10.2. The van der Waals surface area contributed by atoms with Gasteiger partial charge in [-0.15, -0.1) is 0 Å². The second kappa shape index (κ2) is 10.4. The molecule has 2 aromatic heterocycles. The van der Waals surface area contributed by atoms with E-state index < -0.39 is 0 Å². The minimum atomic E-state index is 0.00764. The van der Waals surface area contributed by atoms with Crippen molar-refractivity contribution in [1.82, 2.24) is 19.4 Å². The fourth-order valence-corrected chi connectivity index (χ4v) is 5.66. The number of aromatic nitrogens is 3. The van der Waals surface area contributed by atoms with Crippen LogP contribution in [0.25, 0.3) is 22.2 Å². The number of aryl methyl sites for hydroxylation is 1. The zero-order valence-corrected chi connectivity index (χ0v) is 21.3. The Morgan fingerprint density at radius 3 is 2.59 bits per heavy atom. The summed E-state index contributed by atoms with van der Waals surface area (Å²) in [4.78, 5) is 26.0. The Hall–Kier alpha value is -3.55. The number of nitrogens with zero attached hydrogens (tertiary/aromatic N) is 4. The predicted octanol–water partition coefficient (Wildman–Crippen LogP) is 4.80. The number of hydrogen-bond acceptors (Lipinski definition) is 6. The molecular formula is C30H33N5O2. The number of anilines is 1. The lowest BCUT2D eigenvalue weighted by atomic mass is 10.00. The Balaban J connectivity index is 1.32. The van der Waals surface area contributed by atoms with Gasteiger partial charge in [-0.2, -0.15) is 4.98 Å². The Bertz CT molecular complexity index is 1450. The van der Waals surface area contributed by atoms with E-state index in [1.165, 1.54) is 5.56 Å². The first kappa shape index (κ1) is 23.8. The van der Waals surface area contributed by atoms with E-state index in [1.807, 2.05) is 48.0 Å². The average Bonchev–Trinajstić information content (AvgIpc) is 3.36. The molecule has 6 rings (SSSR count). The third kappa shape index (κ3) is 5.02. The van der Waals surface area contributed by atoms with Crippen LogP contribution >= 0.6 is 0 Å². The number of pyridine rings is 1. The van der Waals surface area contributed by atoms with E-state index in [4.69, 9.17) is 9.72 Å². The predicted molar refractivity (Wildman–Crippen MR) is 147 cm³/mol. The van der Waals surface area contributed by atoms with Gasteiger partial charge in [-0.05, 0) is 48.9 Å². The van der Waals surface area contributed by atoms with Crippen molar-refractivity contribution < 1.29 is 4.74 Å². The number of benzene rings is 2. The number of ether oxygens (including phenoxy) is 1.